The summed E-state index contributed by atoms with van der Waals surface area (Å²) in [6.45, 7) is 2.03. The maximum atomic E-state index is 12.2. The molecular formula is C18H20N2O5S. The highest BCUT2D eigenvalue weighted by Crippen LogP contribution is 2.36. The molecule has 1 N–H and O–H groups in total. The molecule has 7 nitrogen and oxygen atoms in total. The van der Waals surface area contributed by atoms with Gasteiger partial charge in [0, 0.05) is 24.7 Å². The number of nitrogens with one attached hydrogen (secondary N) is 1. The molecule has 8 heteroatoms. The third kappa shape index (κ3) is 4.08. The van der Waals surface area contributed by atoms with Crippen molar-refractivity contribution in [2.24, 2.45) is 0 Å². The topological polar surface area (TPSA) is 84.9 Å². The van der Waals surface area contributed by atoms with Gasteiger partial charge in [-0.25, -0.2) is 8.42 Å². The predicted octanol–water partition coefficient (Wildman–Crippen LogP) is 2.52. The number of fused-ring (bicyclic) bond motifs is 1. The van der Waals surface area contributed by atoms with Gasteiger partial charge in [0.15, 0.2) is 11.5 Å². The molecular weight excluding hydrogens is 356 g/mol. The number of benzene rings is 2. The fourth-order valence-corrected chi connectivity index (χ4v) is 3.58. The van der Waals surface area contributed by atoms with Gasteiger partial charge < -0.3 is 14.8 Å². The highest BCUT2D eigenvalue weighted by Gasteiger charge is 2.22. The molecule has 0 saturated carbocycles. The minimum Gasteiger partial charge on any atom is -0.454 e. The molecule has 138 valence electrons. The van der Waals surface area contributed by atoms with E-state index in [0.29, 0.717) is 22.9 Å². The number of aryl methyl sites for hydroxylation is 1. The highest BCUT2D eigenvalue weighted by molar-refractivity contribution is 7.92. The molecule has 26 heavy (non-hydrogen) atoms. The van der Waals surface area contributed by atoms with Gasteiger partial charge in [-0.15, -0.1) is 0 Å². The van der Waals surface area contributed by atoms with Crippen LogP contribution in [-0.4, -0.2) is 33.9 Å². The van der Waals surface area contributed by atoms with Crippen LogP contribution in [0.5, 0.6) is 11.5 Å². The van der Waals surface area contributed by atoms with Crippen LogP contribution in [0.4, 0.5) is 11.4 Å². The highest BCUT2D eigenvalue weighted by atomic mass is 32.2. The summed E-state index contributed by atoms with van der Waals surface area (Å²) < 4.78 is 36.1. The molecule has 2 aromatic rings. The smallest absolute Gasteiger partial charge is 0.232 e. The molecule has 0 spiro atoms. The van der Waals surface area contributed by atoms with Gasteiger partial charge in [-0.05, 0) is 30.7 Å². The number of nitrogens with zero attached hydrogens (tertiary/aromatic N) is 1. The van der Waals surface area contributed by atoms with Crippen molar-refractivity contribution in [1.82, 2.24) is 0 Å². The van der Waals surface area contributed by atoms with E-state index in [9.17, 15) is 13.2 Å². The van der Waals surface area contributed by atoms with Crippen LogP contribution in [0, 0.1) is 6.92 Å². The van der Waals surface area contributed by atoms with Crippen LogP contribution < -0.4 is 19.1 Å². The quantitative estimate of drug-likeness (QED) is 0.837. The Hall–Kier alpha value is -2.74. The van der Waals surface area contributed by atoms with Gasteiger partial charge >= 0.3 is 0 Å². The summed E-state index contributed by atoms with van der Waals surface area (Å²) in [5.41, 5.74) is 2.09. The molecule has 1 aliphatic rings. The number of carbonyl (C=O) groups is 1. The normalized spacial score (nSPS) is 12.7. The molecule has 1 amide bonds. The summed E-state index contributed by atoms with van der Waals surface area (Å²) in [4.78, 5) is 12.2. The fraction of sp³-hybridized carbons (Fsp3) is 0.278. The van der Waals surface area contributed by atoms with E-state index in [4.69, 9.17) is 9.47 Å². The van der Waals surface area contributed by atoms with Crippen molar-refractivity contribution >= 4 is 27.3 Å². The van der Waals surface area contributed by atoms with Crippen molar-refractivity contribution < 1.29 is 22.7 Å². The Morgan fingerprint density at radius 2 is 1.88 bits per heavy atom. The summed E-state index contributed by atoms with van der Waals surface area (Å²) in [7, 11) is -3.56. The van der Waals surface area contributed by atoms with Gasteiger partial charge in [-0.2, -0.15) is 0 Å². The minimum absolute atomic E-state index is 0.0237. The van der Waals surface area contributed by atoms with E-state index in [2.05, 4.69) is 5.32 Å². The van der Waals surface area contributed by atoms with Gasteiger partial charge in [0.05, 0.1) is 11.9 Å². The average Bonchev–Trinajstić information content (AvgIpc) is 3.03. The molecule has 0 radical (unpaired) electrons. The van der Waals surface area contributed by atoms with E-state index >= 15 is 0 Å². The Balaban J connectivity index is 1.72. The van der Waals surface area contributed by atoms with Crippen molar-refractivity contribution in [3.05, 3.63) is 48.0 Å². The number of hydrogen-bond donors (Lipinski definition) is 1. The molecule has 0 aliphatic carbocycles. The standard InChI is InChI=1S/C18H20N2O5S/c1-13-5-3-4-6-15(13)19-18(21)9-10-20(26(2,22)23)14-7-8-16-17(11-14)25-12-24-16/h3-8,11H,9-10,12H2,1-2H3,(H,19,21). The lowest BCUT2D eigenvalue weighted by Crippen LogP contribution is -2.33. The van der Waals surface area contributed by atoms with Gasteiger partial charge in [0.2, 0.25) is 22.7 Å². The minimum atomic E-state index is -3.56. The number of hydrogen-bond acceptors (Lipinski definition) is 5. The largest absolute Gasteiger partial charge is 0.454 e. The zero-order valence-corrected chi connectivity index (χ0v) is 15.4. The molecule has 0 unspecified atom stereocenters. The molecule has 0 saturated heterocycles. The van der Waals surface area contributed by atoms with E-state index in [1.807, 2.05) is 25.1 Å². The van der Waals surface area contributed by atoms with E-state index in [1.165, 1.54) is 4.31 Å². The van der Waals surface area contributed by atoms with Crippen LogP contribution in [0.3, 0.4) is 0 Å². The lowest BCUT2D eigenvalue weighted by molar-refractivity contribution is -0.116. The van der Waals surface area contributed by atoms with Crippen LogP contribution >= 0.6 is 0 Å². The summed E-state index contributed by atoms with van der Waals surface area (Å²) in [6, 6.07) is 12.3. The Kier molecular flexibility index (Phi) is 5.03. The van der Waals surface area contributed by atoms with Gasteiger partial charge in [0.1, 0.15) is 0 Å². The first kappa shape index (κ1) is 18.1. The van der Waals surface area contributed by atoms with Crippen LogP contribution in [0.1, 0.15) is 12.0 Å². The van der Waals surface area contributed by atoms with Crippen molar-refractivity contribution in [1.29, 1.82) is 0 Å². The molecule has 0 bridgehead atoms. The molecule has 0 fully saturated rings. The number of carbonyl (C=O) groups excluding carboxylic acids is 1. The van der Waals surface area contributed by atoms with E-state index in [0.717, 1.165) is 11.8 Å². The number of para-hydroxylation sites is 1. The Bertz CT molecular complexity index is 927. The second-order valence-corrected chi connectivity index (χ2v) is 7.89. The molecule has 0 atom stereocenters. The first-order valence-electron chi connectivity index (χ1n) is 8.07. The number of ether oxygens (including phenoxy) is 2. The third-order valence-corrected chi connectivity index (χ3v) is 5.20. The van der Waals surface area contributed by atoms with Crippen LogP contribution in [0.15, 0.2) is 42.5 Å². The summed E-state index contributed by atoms with van der Waals surface area (Å²) >= 11 is 0. The van der Waals surface area contributed by atoms with Crippen molar-refractivity contribution in [3.8, 4) is 11.5 Å². The van der Waals surface area contributed by atoms with Crippen LogP contribution in [-0.2, 0) is 14.8 Å². The Labute approximate surface area is 152 Å². The SMILES string of the molecule is Cc1ccccc1NC(=O)CCN(c1ccc2c(c1)OCO2)S(C)(=O)=O. The van der Waals surface area contributed by atoms with Crippen LogP contribution in [0.2, 0.25) is 0 Å². The van der Waals surface area contributed by atoms with Crippen molar-refractivity contribution in [2.75, 3.05) is 29.2 Å². The van der Waals surface area contributed by atoms with Crippen molar-refractivity contribution in [3.63, 3.8) is 0 Å². The first-order valence-corrected chi connectivity index (χ1v) is 9.92. The van der Waals surface area contributed by atoms with E-state index < -0.39 is 10.0 Å². The maximum absolute atomic E-state index is 12.2. The maximum Gasteiger partial charge on any atom is 0.232 e. The lowest BCUT2D eigenvalue weighted by Gasteiger charge is -2.22. The molecule has 3 rings (SSSR count). The number of rotatable bonds is 6. The predicted molar refractivity (Wildman–Crippen MR) is 99.2 cm³/mol. The second-order valence-electron chi connectivity index (χ2n) is 5.99. The zero-order valence-electron chi connectivity index (χ0n) is 14.6. The third-order valence-electron chi connectivity index (χ3n) is 4.01. The van der Waals surface area contributed by atoms with E-state index in [-0.39, 0.29) is 25.7 Å². The van der Waals surface area contributed by atoms with Crippen LogP contribution in [0.25, 0.3) is 0 Å². The molecule has 1 heterocycles. The summed E-state index contributed by atoms with van der Waals surface area (Å²) in [5, 5.41) is 2.81. The summed E-state index contributed by atoms with van der Waals surface area (Å²) in [5.74, 6) is 0.800. The molecule has 0 aromatic heterocycles. The monoisotopic (exact) mass is 376 g/mol. The lowest BCUT2D eigenvalue weighted by atomic mass is 10.2. The first-order chi connectivity index (χ1) is 12.3. The fourth-order valence-electron chi connectivity index (χ4n) is 2.66. The summed E-state index contributed by atoms with van der Waals surface area (Å²) in [6.07, 6.45) is 1.13. The Morgan fingerprint density at radius 3 is 2.62 bits per heavy atom. The van der Waals surface area contributed by atoms with Gasteiger partial charge in [0.25, 0.3) is 0 Å². The second kappa shape index (κ2) is 7.25. The Morgan fingerprint density at radius 1 is 1.15 bits per heavy atom. The number of sulfonamides is 1. The van der Waals surface area contributed by atoms with Gasteiger partial charge in [-0.1, -0.05) is 18.2 Å². The molecule has 2 aromatic carbocycles. The van der Waals surface area contributed by atoms with Crippen molar-refractivity contribution in [2.45, 2.75) is 13.3 Å². The van der Waals surface area contributed by atoms with Gasteiger partial charge in [-0.3, -0.25) is 9.10 Å². The average molecular weight is 376 g/mol. The molecule has 1 aliphatic heterocycles. The van der Waals surface area contributed by atoms with E-state index in [1.54, 1.807) is 24.3 Å². The zero-order chi connectivity index (χ0) is 18.7. The number of anilines is 2. The number of amides is 1.